The lowest BCUT2D eigenvalue weighted by molar-refractivity contribution is 0.0734. The summed E-state index contributed by atoms with van der Waals surface area (Å²) in [6, 6.07) is 0. The molecule has 2 aliphatic carbocycles. The zero-order chi connectivity index (χ0) is 5.23. The molecule has 2 heteroatoms. The maximum absolute atomic E-state index is 11.9. The number of hydrogen-bond acceptors (Lipinski definition) is 1. The van der Waals surface area contributed by atoms with E-state index < -0.39 is 11.8 Å². The van der Waals surface area contributed by atoms with Crippen molar-refractivity contribution >= 4 is 0 Å². The molecule has 7 heavy (non-hydrogen) atoms. The monoisotopic (exact) mass is 102 g/mol. The number of rotatable bonds is 0. The Balaban J connectivity index is 2.10. The molecule has 2 fully saturated rings. The third-order valence-corrected chi connectivity index (χ3v) is 2.17. The van der Waals surface area contributed by atoms with Crippen LogP contribution in [0.4, 0.5) is 4.39 Å². The van der Waals surface area contributed by atoms with Gasteiger partial charge in [0.1, 0.15) is 6.17 Å². The van der Waals surface area contributed by atoms with Gasteiger partial charge in [-0.15, -0.1) is 0 Å². The predicted molar refractivity (Wildman–Crippen MR) is 22.5 cm³/mol. The Bertz CT molecular complexity index is 109. The maximum atomic E-state index is 11.9. The highest BCUT2D eigenvalue weighted by atomic mass is 19.1. The molecule has 0 aromatic carbocycles. The highest BCUT2D eigenvalue weighted by Crippen LogP contribution is 2.72. The van der Waals surface area contributed by atoms with Crippen LogP contribution in [0.1, 0.15) is 6.92 Å². The van der Waals surface area contributed by atoms with Crippen LogP contribution in [0.2, 0.25) is 0 Å². The number of aliphatic hydroxyl groups is 1. The van der Waals surface area contributed by atoms with E-state index in [1.54, 1.807) is 6.92 Å². The average Bonchev–Trinajstić information content (AvgIpc) is 2.26. The lowest BCUT2D eigenvalue weighted by atomic mass is 10.1. The van der Waals surface area contributed by atoms with Crippen LogP contribution in [0.15, 0.2) is 0 Å². The van der Waals surface area contributed by atoms with Crippen molar-refractivity contribution in [1.29, 1.82) is 0 Å². The van der Waals surface area contributed by atoms with E-state index in [9.17, 15) is 4.39 Å². The second kappa shape index (κ2) is 0.635. The quantitative estimate of drug-likeness (QED) is 0.467. The minimum atomic E-state index is -0.657. The largest absolute Gasteiger partial charge is 0.389 e. The highest BCUT2D eigenvalue weighted by molar-refractivity contribution is 5.30. The predicted octanol–water partition coefficient (Wildman–Crippen LogP) is 0.335. The average molecular weight is 102 g/mol. The Morgan fingerprint density at radius 2 is 2.00 bits per heavy atom. The molecule has 0 bridgehead atoms. The molecule has 0 aromatic rings. The van der Waals surface area contributed by atoms with Crippen LogP contribution < -0.4 is 0 Å². The molecule has 40 valence electrons. The summed E-state index contributed by atoms with van der Waals surface area (Å²) in [5.74, 6) is 0.0417. The second-order valence-corrected chi connectivity index (χ2v) is 2.72. The normalized spacial score (nSPS) is 75.0. The Hall–Kier alpha value is -0.110. The van der Waals surface area contributed by atoms with Crippen LogP contribution in [0.5, 0.6) is 0 Å². The van der Waals surface area contributed by atoms with Gasteiger partial charge in [0.05, 0.1) is 5.60 Å². The standard InChI is InChI=1S/C5H7FO/c1-5(7)2-3(5)4(2)6/h2-4,7H,1H3. The molecule has 0 aromatic heterocycles. The molecule has 1 nitrogen and oxygen atoms in total. The molecule has 2 saturated carbocycles. The van der Waals surface area contributed by atoms with Gasteiger partial charge in [-0.3, -0.25) is 0 Å². The summed E-state index contributed by atoms with van der Waals surface area (Å²) < 4.78 is 11.9. The first-order valence-corrected chi connectivity index (χ1v) is 2.52. The number of halogens is 1. The SMILES string of the molecule is CC1(O)C2C(F)C21. The minimum absolute atomic E-state index is 0.0208. The summed E-state index contributed by atoms with van der Waals surface area (Å²) in [5, 5.41) is 8.88. The summed E-state index contributed by atoms with van der Waals surface area (Å²) in [7, 11) is 0. The summed E-state index contributed by atoms with van der Waals surface area (Å²) in [6.45, 7) is 1.69. The minimum Gasteiger partial charge on any atom is -0.389 e. The van der Waals surface area contributed by atoms with Gasteiger partial charge in [-0.2, -0.15) is 0 Å². The van der Waals surface area contributed by atoms with Gasteiger partial charge in [-0.05, 0) is 6.92 Å². The molecule has 0 spiro atoms. The fourth-order valence-corrected chi connectivity index (χ4v) is 1.37. The van der Waals surface area contributed by atoms with Crippen molar-refractivity contribution in [1.82, 2.24) is 0 Å². The summed E-state index contributed by atoms with van der Waals surface area (Å²) in [5.41, 5.74) is -0.598. The van der Waals surface area contributed by atoms with Crippen LogP contribution in [-0.2, 0) is 0 Å². The van der Waals surface area contributed by atoms with Gasteiger partial charge in [0, 0.05) is 11.8 Å². The van der Waals surface area contributed by atoms with E-state index in [1.165, 1.54) is 0 Å². The summed E-state index contributed by atoms with van der Waals surface area (Å²) in [4.78, 5) is 0. The van der Waals surface area contributed by atoms with E-state index in [1.807, 2.05) is 0 Å². The van der Waals surface area contributed by atoms with Gasteiger partial charge < -0.3 is 5.11 Å². The van der Waals surface area contributed by atoms with Gasteiger partial charge in [0.25, 0.3) is 0 Å². The Morgan fingerprint density at radius 1 is 1.57 bits per heavy atom. The molecular weight excluding hydrogens is 95.1 g/mol. The molecule has 2 unspecified atom stereocenters. The second-order valence-electron chi connectivity index (χ2n) is 2.72. The first kappa shape index (κ1) is 3.84. The number of fused-ring (bicyclic) bond motifs is 1. The number of hydrogen-bond donors (Lipinski definition) is 1. The molecule has 0 radical (unpaired) electrons. The Kier molecular flexibility index (Phi) is 0.348. The number of alkyl halides is 1. The van der Waals surface area contributed by atoms with Gasteiger partial charge in [0.15, 0.2) is 0 Å². The lowest BCUT2D eigenvalue weighted by Gasteiger charge is -2.07. The Labute approximate surface area is 41.1 Å². The first-order chi connectivity index (χ1) is 3.15. The molecule has 0 heterocycles. The molecule has 0 amide bonds. The van der Waals surface area contributed by atoms with Crippen molar-refractivity contribution < 1.29 is 9.50 Å². The Morgan fingerprint density at radius 3 is 2.00 bits per heavy atom. The first-order valence-electron chi connectivity index (χ1n) is 2.52. The fourth-order valence-electron chi connectivity index (χ4n) is 1.37. The van der Waals surface area contributed by atoms with Crippen molar-refractivity contribution in [2.75, 3.05) is 0 Å². The van der Waals surface area contributed by atoms with Crippen LogP contribution in [0.25, 0.3) is 0 Å². The van der Waals surface area contributed by atoms with E-state index in [2.05, 4.69) is 0 Å². The zero-order valence-electron chi connectivity index (χ0n) is 4.06. The van der Waals surface area contributed by atoms with E-state index in [0.717, 1.165) is 0 Å². The van der Waals surface area contributed by atoms with Gasteiger partial charge >= 0.3 is 0 Å². The van der Waals surface area contributed by atoms with Crippen LogP contribution in [-0.4, -0.2) is 16.9 Å². The van der Waals surface area contributed by atoms with Crippen LogP contribution >= 0.6 is 0 Å². The van der Waals surface area contributed by atoms with Gasteiger partial charge in [0.2, 0.25) is 0 Å². The molecule has 1 N–H and O–H groups in total. The van der Waals surface area contributed by atoms with Crippen molar-refractivity contribution in [3.63, 3.8) is 0 Å². The summed E-state index contributed by atoms with van der Waals surface area (Å²) in [6.07, 6.45) is -0.657. The van der Waals surface area contributed by atoms with Crippen LogP contribution in [0, 0.1) is 11.8 Å². The zero-order valence-corrected chi connectivity index (χ0v) is 4.06. The van der Waals surface area contributed by atoms with Gasteiger partial charge in [-0.25, -0.2) is 4.39 Å². The van der Waals surface area contributed by atoms with Crippen molar-refractivity contribution in [3.05, 3.63) is 0 Å². The highest BCUT2D eigenvalue weighted by Gasteiger charge is 2.83. The smallest absolute Gasteiger partial charge is 0.112 e. The molecule has 2 aliphatic rings. The molecule has 2 atom stereocenters. The maximum Gasteiger partial charge on any atom is 0.112 e. The third kappa shape index (κ3) is 0.225. The van der Waals surface area contributed by atoms with E-state index >= 15 is 0 Å². The third-order valence-electron chi connectivity index (χ3n) is 2.17. The summed E-state index contributed by atoms with van der Waals surface area (Å²) >= 11 is 0. The van der Waals surface area contributed by atoms with E-state index in [4.69, 9.17) is 5.11 Å². The topological polar surface area (TPSA) is 20.2 Å². The van der Waals surface area contributed by atoms with Crippen molar-refractivity contribution in [2.45, 2.75) is 18.7 Å². The lowest BCUT2D eigenvalue weighted by Crippen LogP contribution is -2.19. The van der Waals surface area contributed by atoms with E-state index in [0.29, 0.717) is 0 Å². The fraction of sp³-hybridized carbons (Fsp3) is 1.00. The molecule has 2 rings (SSSR count). The van der Waals surface area contributed by atoms with Crippen LogP contribution in [0.3, 0.4) is 0 Å². The van der Waals surface area contributed by atoms with Gasteiger partial charge in [-0.1, -0.05) is 0 Å². The van der Waals surface area contributed by atoms with E-state index in [-0.39, 0.29) is 11.8 Å². The molecule has 0 aliphatic heterocycles. The van der Waals surface area contributed by atoms with Crippen molar-refractivity contribution in [3.8, 4) is 0 Å². The van der Waals surface area contributed by atoms with Crippen molar-refractivity contribution in [2.24, 2.45) is 11.8 Å². The molecular formula is C5H7FO. The molecule has 0 saturated heterocycles.